The van der Waals surface area contributed by atoms with E-state index in [-0.39, 0.29) is 22.4 Å². The Bertz CT molecular complexity index is 704. The zero-order valence-electron chi connectivity index (χ0n) is 10.9. The van der Waals surface area contributed by atoms with Gasteiger partial charge in [-0.2, -0.15) is 0 Å². The van der Waals surface area contributed by atoms with Gasteiger partial charge in [0.2, 0.25) is 0 Å². The Morgan fingerprint density at radius 3 is 3.05 bits per heavy atom. The first-order valence-corrected chi connectivity index (χ1v) is 7.78. The Labute approximate surface area is 129 Å². The van der Waals surface area contributed by atoms with E-state index in [0.29, 0.717) is 0 Å². The molecule has 0 spiro atoms. The van der Waals surface area contributed by atoms with Gasteiger partial charge in [0.1, 0.15) is 11.5 Å². The van der Waals surface area contributed by atoms with Crippen LogP contribution in [0.2, 0.25) is 5.02 Å². The van der Waals surface area contributed by atoms with Crippen molar-refractivity contribution < 1.29 is 9.31 Å². The van der Waals surface area contributed by atoms with Gasteiger partial charge in [-0.1, -0.05) is 11.6 Å². The van der Waals surface area contributed by atoms with Crippen molar-refractivity contribution in [3.63, 3.8) is 0 Å². The first-order chi connectivity index (χ1) is 10.1. The van der Waals surface area contributed by atoms with Crippen LogP contribution in [0.25, 0.3) is 0 Å². The number of hydrogen-bond acceptors (Lipinski definition) is 4. The largest absolute Gasteiger partial charge is 0.373 e. The van der Waals surface area contributed by atoms with E-state index in [1.165, 1.54) is 4.88 Å². The standard InChI is InChI=1S/C14H12ClFN2O2S/c15-9-6-13(18(19)20)12(7-10(9)16)17-11-2-1-3-14-8(11)4-5-21-14/h4-7,11,17H,1-3H2. The summed E-state index contributed by atoms with van der Waals surface area (Å²) in [5.74, 6) is -0.661. The number of nitro benzene ring substituents is 1. The average molecular weight is 327 g/mol. The number of halogens is 2. The van der Waals surface area contributed by atoms with Gasteiger partial charge in [-0.05, 0) is 36.3 Å². The number of fused-ring (bicyclic) bond motifs is 1. The predicted molar refractivity (Wildman–Crippen MR) is 81.7 cm³/mol. The van der Waals surface area contributed by atoms with Gasteiger partial charge in [0.25, 0.3) is 5.69 Å². The second-order valence-electron chi connectivity index (χ2n) is 4.93. The lowest BCUT2D eigenvalue weighted by Crippen LogP contribution is -2.16. The Morgan fingerprint density at radius 1 is 1.48 bits per heavy atom. The molecule has 1 aliphatic rings. The third-order valence-electron chi connectivity index (χ3n) is 3.62. The van der Waals surface area contributed by atoms with E-state index < -0.39 is 10.7 Å². The van der Waals surface area contributed by atoms with Gasteiger partial charge >= 0.3 is 0 Å². The SMILES string of the molecule is O=[N+]([O-])c1cc(Cl)c(F)cc1NC1CCCc2sccc21. The van der Waals surface area contributed by atoms with Crippen LogP contribution in [0.1, 0.15) is 29.3 Å². The predicted octanol–water partition coefficient (Wildman–Crippen LogP) is 4.94. The lowest BCUT2D eigenvalue weighted by Gasteiger charge is -2.24. The van der Waals surface area contributed by atoms with Crippen molar-refractivity contribution in [3.8, 4) is 0 Å². The zero-order chi connectivity index (χ0) is 15.0. The van der Waals surface area contributed by atoms with Crippen LogP contribution in [-0.4, -0.2) is 4.92 Å². The molecule has 0 amide bonds. The fourth-order valence-electron chi connectivity index (χ4n) is 2.63. The number of nitrogens with one attached hydrogen (secondary N) is 1. The Hall–Kier alpha value is -1.66. The maximum absolute atomic E-state index is 13.6. The molecule has 1 atom stereocenters. The van der Waals surface area contributed by atoms with Crippen molar-refractivity contribution in [2.24, 2.45) is 0 Å². The molecule has 2 aromatic rings. The number of benzene rings is 1. The molecule has 0 bridgehead atoms. The highest BCUT2D eigenvalue weighted by Gasteiger charge is 2.25. The van der Waals surface area contributed by atoms with Crippen LogP contribution < -0.4 is 5.32 Å². The van der Waals surface area contributed by atoms with Crippen molar-refractivity contribution in [1.82, 2.24) is 0 Å². The highest BCUT2D eigenvalue weighted by Crippen LogP contribution is 2.38. The molecule has 1 unspecified atom stereocenters. The fourth-order valence-corrected chi connectivity index (χ4v) is 3.77. The minimum Gasteiger partial charge on any atom is -0.373 e. The molecule has 4 nitrogen and oxygen atoms in total. The van der Waals surface area contributed by atoms with Crippen molar-refractivity contribution >= 4 is 34.3 Å². The molecule has 110 valence electrons. The summed E-state index contributed by atoms with van der Waals surface area (Å²) in [6.07, 6.45) is 2.91. The summed E-state index contributed by atoms with van der Waals surface area (Å²) in [4.78, 5) is 11.8. The Kier molecular flexibility index (Phi) is 3.82. The number of hydrogen-bond donors (Lipinski definition) is 1. The lowest BCUT2D eigenvalue weighted by atomic mass is 9.94. The molecule has 7 heteroatoms. The van der Waals surface area contributed by atoms with Crippen molar-refractivity contribution in [3.05, 3.63) is 55.0 Å². The molecule has 1 aromatic heterocycles. The number of anilines is 1. The number of nitrogens with zero attached hydrogens (tertiary/aromatic N) is 1. The van der Waals surface area contributed by atoms with Crippen LogP contribution >= 0.6 is 22.9 Å². The number of aryl methyl sites for hydroxylation is 1. The van der Waals surface area contributed by atoms with Gasteiger partial charge in [-0.3, -0.25) is 10.1 Å². The maximum atomic E-state index is 13.6. The Morgan fingerprint density at radius 2 is 2.29 bits per heavy atom. The summed E-state index contributed by atoms with van der Waals surface area (Å²) >= 11 is 7.32. The lowest BCUT2D eigenvalue weighted by molar-refractivity contribution is -0.384. The van der Waals surface area contributed by atoms with E-state index >= 15 is 0 Å². The monoisotopic (exact) mass is 326 g/mol. The van der Waals surface area contributed by atoms with Crippen molar-refractivity contribution in [2.75, 3.05) is 5.32 Å². The molecule has 1 N–H and O–H groups in total. The van der Waals surface area contributed by atoms with E-state index in [0.717, 1.165) is 37.0 Å². The molecule has 0 saturated heterocycles. The average Bonchev–Trinajstić information content (AvgIpc) is 2.91. The van der Waals surface area contributed by atoms with Crippen LogP contribution in [0.5, 0.6) is 0 Å². The number of rotatable bonds is 3. The third-order valence-corrected chi connectivity index (χ3v) is 4.90. The van der Waals surface area contributed by atoms with Crippen LogP contribution in [0, 0.1) is 15.9 Å². The quantitative estimate of drug-likeness (QED) is 0.642. The molecule has 1 heterocycles. The maximum Gasteiger partial charge on any atom is 0.294 e. The van der Waals surface area contributed by atoms with Crippen LogP contribution in [0.4, 0.5) is 15.8 Å². The molecule has 0 radical (unpaired) electrons. The van der Waals surface area contributed by atoms with E-state index in [2.05, 4.69) is 5.32 Å². The fraction of sp³-hybridized carbons (Fsp3) is 0.286. The first kappa shape index (κ1) is 14.3. The summed E-state index contributed by atoms with van der Waals surface area (Å²) in [5, 5.41) is 16.0. The minimum atomic E-state index is -0.661. The van der Waals surface area contributed by atoms with Crippen LogP contribution in [0.3, 0.4) is 0 Å². The van der Waals surface area contributed by atoms with Gasteiger partial charge in [0, 0.05) is 17.0 Å². The van der Waals surface area contributed by atoms with Gasteiger partial charge in [0.15, 0.2) is 0 Å². The molecular formula is C14H12ClFN2O2S. The van der Waals surface area contributed by atoms with Gasteiger partial charge in [-0.15, -0.1) is 11.3 Å². The third kappa shape index (κ3) is 2.73. The summed E-state index contributed by atoms with van der Waals surface area (Å²) in [7, 11) is 0. The zero-order valence-corrected chi connectivity index (χ0v) is 12.5. The van der Waals surface area contributed by atoms with Gasteiger partial charge in [0.05, 0.1) is 16.0 Å². The van der Waals surface area contributed by atoms with Crippen LogP contribution in [-0.2, 0) is 6.42 Å². The molecule has 0 aliphatic heterocycles. The molecule has 0 saturated carbocycles. The van der Waals surface area contributed by atoms with Gasteiger partial charge in [-0.25, -0.2) is 4.39 Å². The van der Waals surface area contributed by atoms with E-state index in [4.69, 9.17) is 11.6 Å². The van der Waals surface area contributed by atoms with Gasteiger partial charge < -0.3 is 5.32 Å². The molecule has 1 aromatic carbocycles. The highest BCUT2D eigenvalue weighted by molar-refractivity contribution is 7.10. The van der Waals surface area contributed by atoms with E-state index in [1.54, 1.807) is 11.3 Å². The topological polar surface area (TPSA) is 55.2 Å². The number of thiophene rings is 1. The first-order valence-electron chi connectivity index (χ1n) is 6.52. The normalized spacial score (nSPS) is 17.3. The number of nitro groups is 1. The van der Waals surface area contributed by atoms with Crippen LogP contribution in [0.15, 0.2) is 23.6 Å². The molecule has 1 aliphatic carbocycles. The molecule has 0 fully saturated rings. The Balaban J connectivity index is 1.96. The summed E-state index contributed by atoms with van der Waals surface area (Å²) in [6, 6.07) is 4.14. The van der Waals surface area contributed by atoms with Crippen molar-refractivity contribution in [2.45, 2.75) is 25.3 Å². The highest BCUT2D eigenvalue weighted by atomic mass is 35.5. The minimum absolute atomic E-state index is 0.0284. The summed E-state index contributed by atoms with van der Waals surface area (Å²) in [5.41, 5.74) is 1.12. The van der Waals surface area contributed by atoms with E-state index in [1.807, 2.05) is 11.4 Å². The van der Waals surface area contributed by atoms with E-state index in [9.17, 15) is 14.5 Å². The summed E-state index contributed by atoms with van der Waals surface area (Å²) < 4.78 is 13.6. The molecule has 21 heavy (non-hydrogen) atoms. The second-order valence-corrected chi connectivity index (χ2v) is 6.34. The molecular weight excluding hydrogens is 315 g/mol. The smallest absolute Gasteiger partial charge is 0.294 e. The molecule has 3 rings (SSSR count). The van der Waals surface area contributed by atoms with Crippen molar-refractivity contribution in [1.29, 1.82) is 0 Å². The summed E-state index contributed by atoms with van der Waals surface area (Å²) in [6.45, 7) is 0. The second kappa shape index (κ2) is 5.61.